The predicted molar refractivity (Wildman–Crippen MR) is 114 cm³/mol. The molecule has 4 rings (SSSR count). The van der Waals surface area contributed by atoms with E-state index in [2.05, 4.69) is 15.1 Å². The van der Waals surface area contributed by atoms with Crippen molar-refractivity contribution in [1.29, 1.82) is 0 Å². The number of hydrogen-bond donors (Lipinski definition) is 0. The summed E-state index contributed by atoms with van der Waals surface area (Å²) in [4.78, 5) is 23.7. The molecule has 0 aliphatic carbocycles. The second-order valence-electron chi connectivity index (χ2n) is 7.60. The van der Waals surface area contributed by atoms with Gasteiger partial charge in [0.05, 0.1) is 19.8 Å². The minimum Gasteiger partial charge on any atom is -0.497 e. The lowest BCUT2D eigenvalue weighted by Crippen LogP contribution is -2.40. The van der Waals surface area contributed by atoms with E-state index in [-0.39, 0.29) is 5.91 Å². The summed E-state index contributed by atoms with van der Waals surface area (Å²) >= 11 is 0. The number of piperidine rings is 1. The van der Waals surface area contributed by atoms with E-state index in [1.54, 1.807) is 38.6 Å². The molecule has 2 aromatic heterocycles. The summed E-state index contributed by atoms with van der Waals surface area (Å²) in [5.74, 6) is 2.67. The molecule has 8 heteroatoms. The van der Waals surface area contributed by atoms with Crippen molar-refractivity contribution < 1.29 is 18.8 Å². The van der Waals surface area contributed by atoms with Crippen molar-refractivity contribution in [1.82, 2.24) is 20.0 Å². The van der Waals surface area contributed by atoms with Crippen molar-refractivity contribution in [2.75, 3.05) is 27.3 Å². The highest BCUT2D eigenvalue weighted by atomic mass is 16.5. The maximum Gasteiger partial charge on any atom is 0.276 e. The molecule has 1 atom stereocenters. The Hall–Kier alpha value is -3.42. The zero-order valence-electron chi connectivity index (χ0n) is 17.8. The molecule has 1 amide bonds. The van der Waals surface area contributed by atoms with Crippen LogP contribution in [0.3, 0.4) is 0 Å². The van der Waals surface area contributed by atoms with Crippen molar-refractivity contribution in [3.8, 4) is 23.1 Å². The number of carbonyl (C=O) groups is 1. The average molecular weight is 422 g/mol. The Bertz CT molecular complexity index is 1020. The number of hydrogen-bond acceptors (Lipinski definition) is 7. The maximum absolute atomic E-state index is 13.1. The number of likely N-dealkylation sites (tertiary alicyclic amines) is 1. The van der Waals surface area contributed by atoms with Gasteiger partial charge in [-0.15, -0.1) is 0 Å². The zero-order valence-corrected chi connectivity index (χ0v) is 17.8. The van der Waals surface area contributed by atoms with Crippen molar-refractivity contribution in [3.63, 3.8) is 0 Å². The molecule has 0 spiro atoms. The van der Waals surface area contributed by atoms with Gasteiger partial charge in [-0.25, -0.2) is 0 Å². The second-order valence-corrected chi connectivity index (χ2v) is 7.60. The average Bonchev–Trinajstić information content (AvgIpc) is 3.32. The summed E-state index contributed by atoms with van der Waals surface area (Å²) in [5, 5.41) is 4.08. The van der Waals surface area contributed by atoms with Crippen LogP contribution in [-0.2, 0) is 6.42 Å². The fraction of sp³-hybridized carbons (Fsp3) is 0.391. The molecule has 0 bridgehead atoms. The van der Waals surface area contributed by atoms with Crippen LogP contribution in [-0.4, -0.2) is 53.2 Å². The highest BCUT2D eigenvalue weighted by molar-refractivity contribution is 5.97. The Morgan fingerprint density at radius 2 is 2.13 bits per heavy atom. The fourth-order valence-corrected chi connectivity index (χ4v) is 3.91. The lowest BCUT2D eigenvalue weighted by atomic mass is 9.92. The summed E-state index contributed by atoms with van der Waals surface area (Å²) in [7, 11) is 3.16. The maximum atomic E-state index is 13.1. The number of carbonyl (C=O) groups excluding carboxylic acids is 1. The van der Waals surface area contributed by atoms with E-state index < -0.39 is 0 Å². The van der Waals surface area contributed by atoms with E-state index >= 15 is 0 Å². The number of methoxy groups -OCH3 is 2. The van der Waals surface area contributed by atoms with Crippen molar-refractivity contribution in [3.05, 3.63) is 54.0 Å². The molecule has 0 saturated carbocycles. The molecule has 1 fully saturated rings. The van der Waals surface area contributed by atoms with Crippen LogP contribution in [0.1, 0.15) is 35.4 Å². The number of amides is 1. The number of ether oxygens (including phenoxy) is 2. The second kappa shape index (κ2) is 9.59. The van der Waals surface area contributed by atoms with E-state index in [9.17, 15) is 4.79 Å². The molecule has 0 N–H and O–H groups in total. The third-order valence-electron chi connectivity index (χ3n) is 5.57. The van der Waals surface area contributed by atoms with Crippen molar-refractivity contribution in [2.45, 2.75) is 25.7 Å². The van der Waals surface area contributed by atoms with Gasteiger partial charge in [-0.1, -0.05) is 11.2 Å². The van der Waals surface area contributed by atoms with Gasteiger partial charge < -0.3 is 18.9 Å². The monoisotopic (exact) mass is 422 g/mol. The standard InChI is InChI=1S/C23H26N4O4/c1-29-17-9-10-18(20(14-17)30-2)23(28)27-13-5-6-16(15-27)8-11-21-25-22(31-26-21)19-7-3-4-12-24-19/h3-4,7,9-10,12,14,16H,5-6,8,11,13,15H2,1-2H3. The van der Waals surface area contributed by atoms with Gasteiger partial charge in [0.1, 0.15) is 17.2 Å². The summed E-state index contributed by atoms with van der Waals surface area (Å²) in [5.41, 5.74) is 1.23. The van der Waals surface area contributed by atoms with Gasteiger partial charge in [0, 0.05) is 31.8 Å². The van der Waals surface area contributed by atoms with Crippen LogP contribution < -0.4 is 9.47 Å². The molecule has 1 aliphatic rings. The molecule has 162 valence electrons. The van der Waals surface area contributed by atoms with Crippen LogP contribution in [0.25, 0.3) is 11.6 Å². The summed E-state index contributed by atoms with van der Waals surface area (Å²) in [6.07, 6.45) is 5.35. The van der Waals surface area contributed by atoms with E-state index in [0.717, 1.165) is 25.8 Å². The lowest BCUT2D eigenvalue weighted by Gasteiger charge is -2.33. The molecule has 0 radical (unpaired) electrons. The molecule has 1 aromatic carbocycles. The van der Waals surface area contributed by atoms with Crippen LogP contribution >= 0.6 is 0 Å². The normalized spacial score (nSPS) is 16.2. The van der Waals surface area contributed by atoms with E-state index in [4.69, 9.17) is 14.0 Å². The van der Waals surface area contributed by atoms with Crippen molar-refractivity contribution >= 4 is 5.91 Å². The first-order chi connectivity index (χ1) is 15.2. The van der Waals surface area contributed by atoms with Gasteiger partial charge in [0.15, 0.2) is 5.82 Å². The molecular weight excluding hydrogens is 396 g/mol. The quantitative estimate of drug-likeness (QED) is 0.574. The van der Waals surface area contributed by atoms with Crippen LogP contribution in [0.4, 0.5) is 0 Å². The van der Waals surface area contributed by atoms with E-state index in [1.807, 2.05) is 23.1 Å². The smallest absolute Gasteiger partial charge is 0.276 e. The third-order valence-corrected chi connectivity index (χ3v) is 5.57. The third kappa shape index (κ3) is 4.84. The summed E-state index contributed by atoms with van der Waals surface area (Å²) in [6.45, 7) is 1.45. The van der Waals surface area contributed by atoms with Gasteiger partial charge in [0.25, 0.3) is 11.8 Å². The van der Waals surface area contributed by atoms with E-state index in [1.165, 1.54) is 0 Å². The molecule has 3 heterocycles. The first-order valence-electron chi connectivity index (χ1n) is 10.4. The SMILES string of the molecule is COc1ccc(C(=O)N2CCCC(CCc3noc(-c4ccccn4)n3)C2)c(OC)c1. The van der Waals surface area contributed by atoms with Crippen LogP contribution in [0.2, 0.25) is 0 Å². The van der Waals surface area contributed by atoms with Gasteiger partial charge >= 0.3 is 0 Å². The first kappa shape index (κ1) is 20.8. The molecule has 1 aliphatic heterocycles. The Morgan fingerprint density at radius 3 is 2.90 bits per heavy atom. The largest absolute Gasteiger partial charge is 0.497 e. The number of aromatic nitrogens is 3. The summed E-state index contributed by atoms with van der Waals surface area (Å²) in [6, 6.07) is 10.9. The summed E-state index contributed by atoms with van der Waals surface area (Å²) < 4.78 is 16.0. The predicted octanol–water partition coefficient (Wildman–Crippen LogP) is 3.63. The highest BCUT2D eigenvalue weighted by Crippen LogP contribution is 2.28. The Labute approximate surface area is 181 Å². The minimum absolute atomic E-state index is 0.0128. The minimum atomic E-state index is -0.0128. The Kier molecular flexibility index (Phi) is 6.45. The van der Waals surface area contributed by atoms with Crippen LogP contribution in [0, 0.1) is 5.92 Å². The fourth-order valence-electron chi connectivity index (χ4n) is 3.91. The number of pyridine rings is 1. The molecule has 31 heavy (non-hydrogen) atoms. The van der Waals surface area contributed by atoms with Gasteiger partial charge in [0.2, 0.25) is 0 Å². The Balaban J connectivity index is 1.37. The zero-order chi connectivity index (χ0) is 21.6. The van der Waals surface area contributed by atoms with Gasteiger partial charge in [-0.05, 0) is 49.4 Å². The number of rotatable bonds is 7. The molecule has 1 unspecified atom stereocenters. The molecule has 8 nitrogen and oxygen atoms in total. The number of aryl methyl sites for hydroxylation is 1. The van der Waals surface area contributed by atoms with Gasteiger partial charge in [-0.2, -0.15) is 4.98 Å². The van der Waals surface area contributed by atoms with Crippen LogP contribution in [0.5, 0.6) is 11.5 Å². The molecule has 3 aromatic rings. The van der Waals surface area contributed by atoms with Gasteiger partial charge in [-0.3, -0.25) is 9.78 Å². The number of benzene rings is 1. The molecular formula is C23H26N4O4. The number of nitrogens with zero attached hydrogens (tertiary/aromatic N) is 4. The Morgan fingerprint density at radius 1 is 1.23 bits per heavy atom. The topological polar surface area (TPSA) is 90.6 Å². The molecule has 1 saturated heterocycles. The van der Waals surface area contributed by atoms with Crippen LogP contribution in [0.15, 0.2) is 47.1 Å². The highest BCUT2D eigenvalue weighted by Gasteiger charge is 2.26. The van der Waals surface area contributed by atoms with Crippen molar-refractivity contribution in [2.24, 2.45) is 5.92 Å². The van der Waals surface area contributed by atoms with E-state index in [0.29, 0.717) is 53.4 Å². The lowest BCUT2D eigenvalue weighted by molar-refractivity contribution is 0.0664. The first-order valence-corrected chi connectivity index (χ1v) is 10.4.